The number of H-pyrrole nitrogens is 1. The molecular weight excluding hydrogens is 288 g/mol. The molecule has 0 aliphatic rings. The third-order valence-electron chi connectivity index (χ3n) is 3.95. The molecule has 2 aromatic carbocycles. The Hall–Kier alpha value is -2.84. The maximum atomic E-state index is 9.00. The molecule has 0 saturated heterocycles. The Bertz CT molecular complexity index is 921. The van der Waals surface area contributed by atoms with E-state index in [1.807, 2.05) is 26.0 Å². The van der Waals surface area contributed by atoms with E-state index in [9.17, 15) is 0 Å². The molecule has 1 aromatic heterocycles. The molecule has 23 heavy (non-hydrogen) atoms. The second-order valence-electron chi connectivity index (χ2n) is 5.64. The topological polar surface area (TPSA) is 87.7 Å². The number of nitrogens with zero attached hydrogens (tertiary/aromatic N) is 2. The van der Waals surface area contributed by atoms with Gasteiger partial charge >= 0.3 is 0 Å². The van der Waals surface area contributed by atoms with Crippen LogP contribution in [0.3, 0.4) is 0 Å². The maximum Gasteiger partial charge on any atom is 0.128 e. The van der Waals surface area contributed by atoms with E-state index in [-0.39, 0.29) is 0 Å². The van der Waals surface area contributed by atoms with E-state index in [2.05, 4.69) is 22.1 Å². The Morgan fingerprint density at radius 3 is 2.74 bits per heavy atom. The van der Waals surface area contributed by atoms with Crippen molar-refractivity contribution in [2.45, 2.75) is 19.9 Å². The van der Waals surface area contributed by atoms with E-state index in [1.165, 1.54) is 0 Å². The van der Waals surface area contributed by atoms with Gasteiger partial charge in [-0.05, 0) is 49.2 Å². The van der Waals surface area contributed by atoms with Crippen LogP contribution in [0.4, 0.5) is 0 Å². The van der Waals surface area contributed by atoms with Crippen LogP contribution in [0.15, 0.2) is 30.3 Å². The van der Waals surface area contributed by atoms with Crippen LogP contribution in [-0.2, 0) is 0 Å². The minimum absolute atomic E-state index is 0.427. The van der Waals surface area contributed by atoms with Crippen LogP contribution < -0.4 is 10.5 Å². The highest BCUT2D eigenvalue weighted by Gasteiger charge is 2.20. The molecule has 116 valence electrons. The van der Waals surface area contributed by atoms with Gasteiger partial charge in [-0.3, -0.25) is 0 Å². The molecule has 0 bridgehead atoms. The second kappa shape index (κ2) is 5.75. The zero-order valence-corrected chi connectivity index (χ0v) is 13.3. The number of benzene rings is 2. The van der Waals surface area contributed by atoms with Crippen LogP contribution >= 0.6 is 0 Å². The number of ether oxygens (including phenoxy) is 1. The highest BCUT2D eigenvalue weighted by molar-refractivity contribution is 5.77. The average Bonchev–Trinajstić information content (AvgIpc) is 2.96. The molecule has 0 unspecified atom stereocenters. The van der Waals surface area contributed by atoms with Gasteiger partial charge in [0.25, 0.3) is 0 Å². The highest BCUT2D eigenvalue weighted by atomic mass is 16.5. The van der Waals surface area contributed by atoms with Gasteiger partial charge in [-0.25, -0.2) is 4.98 Å². The number of nitriles is 1. The third-order valence-corrected chi connectivity index (χ3v) is 3.95. The normalized spacial score (nSPS) is 12.1. The van der Waals surface area contributed by atoms with Crippen LogP contribution in [0.1, 0.15) is 34.1 Å². The van der Waals surface area contributed by atoms with E-state index < -0.39 is 6.04 Å². The van der Waals surface area contributed by atoms with Crippen molar-refractivity contribution in [1.82, 2.24) is 9.97 Å². The molecule has 1 atom stereocenters. The summed E-state index contributed by atoms with van der Waals surface area (Å²) in [5.41, 5.74) is 11.7. The molecule has 0 fully saturated rings. The fourth-order valence-electron chi connectivity index (χ4n) is 2.89. The number of methoxy groups -OCH3 is 1. The van der Waals surface area contributed by atoms with Crippen LogP contribution in [-0.4, -0.2) is 17.1 Å². The van der Waals surface area contributed by atoms with Gasteiger partial charge in [0.05, 0.1) is 35.8 Å². The van der Waals surface area contributed by atoms with Gasteiger partial charge in [-0.15, -0.1) is 0 Å². The predicted octanol–water partition coefficient (Wildman–Crippen LogP) is 3.11. The first kappa shape index (κ1) is 15.1. The van der Waals surface area contributed by atoms with Crippen molar-refractivity contribution >= 4 is 11.0 Å². The van der Waals surface area contributed by atoms with E-state index >= 15 is 0 Å². The summed E-state index contributed by atoms with van der Waals surface area (Å²) in [6, 6.07) is 11.1. The number of nitrogens with one attached hydrogen (secondary N) is 1. The van der Waals surface area contributed by atoms with Gasteiger partial charge < -0.3 is 15.5 Å². The molecule has 3 aromatic rings. The molecule has 3 rings (SSSR count). The standard InChI is InChI=1S/C18H18N4O/c1-10-6-11(2)16(15(7-10)23-3)17(20)18-21-13-5-4-12(9-19)8-14(13)22-18/h4-8,17H,20H2,1-3H3,(H,21,22)/t17-/m1/s1. The summed E-state index contributed by atoms with van der Waals surface area (Å²) in [6.07, 6.45) is 0. The summed E-state index contributed by atoms with van der Waals surface area (Å²) in [6.45, 7) is 4.04. The Morgan fingerprint density at radius 1 is 1.26 bits per heavy atom. The van der Waals surface area contributed by atoms with Crippen LogP contribution in [0.5, 0.6) is 5.75 Å². The largest absolute Gasteiger partial charge is 0.496 e. The highest BCUT2D eigenvalue weighted by Crippen LogP contribution is 2.32. The molecule has 0 amide bonds. The van der Waals surface area contributed by atoms with Crippen molar-refractivity contribution in [1.29, 1.82) is 5.26 Å². The lowest BCUT2D eigenvalue weighted by Gasteiger charge is -2.17. The number of aryl methyl sites for hydroxylation is 2. The summed E-state index contributed by atoms with van der Waals surface area (Å²) in [4.78, 5) is 7.78. The van der Waals surface area contributed by atoms with Crippen molar-refractivity contribution in [2.24, 2.45) is 5.73 Å². The molecule has 3 N–H and O–H groups in total. The maximum absolute atomic E-state index is 9.00. The molecule has 0 spiro atoms. The lowest BCUT2D eigenvalue weighted by molar-refractivity contribution is 0.406. The van der Waals surface area contributed by atoms with Gasteiger partial charge in [0.1, 0.15) is 11.6 Å². The van der Waals surface area contributed by atoms with E-state index in [4.69, 9.17) is 15.7 Å². The van der Waals surface area contributed by atoms with E-state index in [0.717, 1.165) is 33.5 Å². The number of aromatic amines is 1. The summed E-state index contributed by atoms with van der Waals surface area (Å²) < 4.78 is 5.50. The minimum atomic E-state index is -0.427. The number of nitrogens with two attached hydrogens (primary N) is 1. The van der Waals surface area contributed by atoms with Crippen molar-refractivity contribution in [3.63, 3.8) is 0 Å². The smallest absolute Gasteiger partial charge is 0.128 e. The Labute approximate surface area is 134 Å². The lowest BCUT2D eigenvalue weighted by atomic mass is 9.98. The number of rotatable bonds is 3. The fourth-order valence-corrected chi connectivity index (χ4v) is 2.89. The molecule has 0 saturated carbocycles. The number of imidazole rings is 1. The number of hydrogen-bond acceptors (Lipinski definition) is 4. The van der Waals surface area contributed by atoms with E-state index in [0.29, 0.717) is 11.4 Å². The molecule has 0 aliphatic carbocycles. The quantitative estimate of drug-likeness (QED) is 0.778. The molecule has 5 nitrogen and oxygen atoms in total. The molecule has 0 aliphatic heterocycles. The second-order valence-corrected chi connectivity index (χ2v) is 5.64. The van der Waals surface area contributed by atoms with Crippen molar-refractivity contribution in [3.05, 3.63) is 58.4 Å². The first-order valence-corrected chi connectivity index (χ1v) is 7.34. The zero-order valence-electron chi connectivity index (χ0n) is 13.3. The SMILES string of the molecule is COc1cc(C)cc(C)c1[C@@H](N)c1nc2ccc(C#N)cc2[nH]1. The monoisotopic (exact) mass is 306 g/mol. The lowest BCUT2D eigenvalue weighted by Crippen LogP contribution is -2.16. The molecular formula is C18H18N4O. The van der Waals surface area contributed by atoms with Gasteiger partial charge in [0.2, 0.25) is 0 Å². The number of aromatic nitrogens is 2. The summed E-state index contributed by atoms with van der Waals surface area (Å²) in [5.74, 6) is 1.41. The Kier molecular flexibility index (Phi) is 3.77. The number of hydrogen-bond donors (Lipinski definition) is 2. The van der Waals surface area contributed by atoms with Gasteiger partial charge in [-0.2, -0.15) is 5.26 Å². The first-order chi connectivity index (χ1) is 11.0. The molecule has 5 heteroatoms. The van der Waals surface area contributed by atoms with Crippen LogP contribution in [0, 0.1) is 25.2 Å². The molecule has 0 radical (unpaired) electrons. The predicted molar refractivity (Wildman–Crippen MR) is 89.3 cm³/mol. The van der Waals surface area contributed by atoms with Gasteiger partial charge in [-0.1, -0.05) is 6.07 Å². The van der Waals surface area contributed by atoms with Gasteiger partial charge in [0.15, 0.2) is 0 Å². The third kappa shape index (κ3) is 2.65. The number of fused-ring (bicyclic) bond motifs is 1. The first-order valence-electron chi connectivity index (χ1n) is 7.34. The fraction of sp³-hybridized carbons (Fsp3) is 0.222. The summed E-state index contributed by atoms with van der Waals surface area (Å²) >= 11 is 0. The summed E-state index contributed by atoms with van der Waals surface area (Å²) in [5, 5.41) is 9.00. The van der Waals surface area contributed by atoms with Gasteiger partial charge in [0, 0.05) is 5.56 Å². The van der Waals surface area contributed by atoms with Crippen LogP contribution in [0.2, 0.25) is 0 Å². The molecule has 1 heterocycles. The van der Waals surface area contributed by atoms with Crippen molar-refractivity contribution in [3.8, 4) is 11.8 Å². The van der Waals surface area contributed by atoms with Crippen molar-refractivity contribution in [2.75, 3.05) is 7.11 Å². The average molecular weight is 306 g/mol. The van der Waals surface area contributed by atoms with Crippen molar-refractivity contribution < 1.29 is 4.74 Å². The zero-order chi connectivity index (χ0) is 16.6. The van der Waals surface area contributed by atoms with Crippen LogP contribution in [0.25, 0.3) is 11.0 Å². The minimum Gasteiger partial charge on any atom is -0.496 e. The van der Waals surface area contributed by atoms with E-state index in [1.54, 1.807) is 19.2 Å². The summed E-state index contributed by atoms with van der Waals surface area (Å²) in [7, 11) is 1.64. The Balaban J connectivity index is 2.10. The Morgan fingerprint density at radius 2 is 2.04 bits per heavy atom.